The number of hydrogen-bond donors (Lipinski definition) is 1. The Bertz CT molecular complexity index is 254. The summed E-state index contributed by atoms with van der Waals surface area (Å²) in [4.78, 5) is 0. The highest BCUT2D eigenvalue weighted by atomic mass is 16.5. The van der Waals surface area contributed by atoms with Gasteiger partial charge in [-0.05, 0) is 19.8 Å². The number of aliphatic hydroxyl groups excluding tert-OH is 1. The summed E-state index contributed by atoms with van der Waals surface area (Å²) in [6, 6.07) is 0. The summed E-state index contributed by atoms with van der Waals surface area (Å²) in [7, 11) is 0. The Hall–Kier alpha value is -0.0800. The van der Waals surface area contributed by atoms with E-state index in [0.717, 1.165) is 13.2 Å². The first kappa shape index (κ1) is 34.1. The van der Waals surface area contributed by atoms with E-state index in [4.69, 9.17) is 9.84 Å². The van der Waals surface area contributed by atoms with Crippen molar-refractivity contribution < 1.29 is 9.84 Å². The largest absolute Gasteiger partial charge is 0.397 e. The lowest BCUT2D eigenvalue weighted by molar-refractivity contribution is 0.125. The average Bonchev–Trinajstić information content (AvgIpc) is 2.79. The second-order valence-electron chi connectivity index (χ2n) is 9.71. The molecule has 0 saturated carbocycles. The van der Waals surface area contributed by atoms with Crippen LogP contribution >= 0.6 is 0 Å². The van der Waals surface area contributed by atoms with Crippen molar-refractivity contribution in [2.24, 2.45) is 0 Å². The van der Waals surface area contributed by atoms with Crippen LogP contribution in [0.5, 0.6) is 0 Å². The summed E-state index contributed by atoms with van der Waals surface area (Å²) in [6.45, 7) is 8.51. The van der Waals surface area contributed by atoms with Crippen molar-refractivity contribution in [3.8, 4) is 0 Å². The first-order valence-electron chi connectivity index (χ1n) is 15.0. The van der Waals surface area contributed by atoms with Gasteiger partial charge in [0.1, 0.15) is 0 Å². The Labute approximate surface area is 204 Å². The fourth-order valence-electron chi connectivity index (χ4n) is 4.19. The minimum atomic E-state index is 0.250. The van der Waals surface area contributed by atoms with Crippen LogP contribution in [-0.2, 0) is 4.74 Å². The zero-order valence-corrected chi connectivity index (χ0v) is 22.9. The highest BCUT2D eigenvalue weighted by molar-refractivity contribution is 4.50. The molecule has 196 valence electrons. The number of unbranched alkanes of at least 4 members (excludes halogenated alkanes) is 22. The summed E-state index contributed by atoms with van der Waals surface area (Å²) in [5.74, 6) is 0. The van der Waals surface area contributed by atoms with E-state index in [1.165, 1.54) is 154 Å². The minimum absolute atomic E-state index is 0.250. The van der Waals surface area contributed by atoms with Crippen LogP contribution in [0.15, 0.2) is 0 Å². The molecule has 0 aromatic rings. The molecule has 0 heterocycles. The average molecular weight is 457 g/mol. The van der Waals surface area contributed by atoms with Crippen LogP contribution in [0.25, 0.3) is 0 Å². The van der Waals surface area contributed by atoms with Gasteiger partial charge in [0.2, 0.25) is 0 Å². The minimum Gasteiger partial charge on any atom is -0.397 e. The van der Waals surface area contributed by atoms with Gasteiger partial charge in [0.25, 0.3) is 0 Å². The second-order valence-corrected chi connectivity index (χ2v) is 9.71. The predicted octanol–water partition coefficient (Wildman–Crippen LogP) is 10.4. The molecule has 0 amide bonds. The molecule has 0 aliphatic rings. The molecule has 0 radical (unpaired) electrons. The summed E-state index contributed by atoms with van der Waals surface area (Å²) in [5.41, 5.74) is 0. The molecule has 0 rings (SSSR count). The number of rotatable bonds is 26. The summed E-state index contributed by atoms with van der Waals surface area (Å²) >= 11 is 0. The molecule has 2 heteroatoms. The third-order valence-corrected chi connectivity index (χ3v) is 6.28. The van der Waals surface area contributed by atoms with E-state index in [1.54, 1.807) is 6.92 Å². The van der Waals surface area contributed by atoms with E-state index >= 15 is 0 Å². The molecule has 0 aromatic heterocycles. The van der Waals surface area contributed by atoms with Crippen molar-refractivity contribution in [3.05, 3.63) is 0 Å². The Balaban J connectivity index is 0. The lowest BCUT2D eigenvalue weighted by Crippen LogP contribution is -1.97. The molecule has 0 aliphatic carbocycles. The monoisotopic (exact) mass is 456 g/mol. The van der Waals surface area contributed by atoms with Gasteiger partial charge in [-0.25, -0.2) is 0 Å². The molecule has 0 atom stereocenters. The van der Waals surface area contributed by atoms with E-state index in [0.29, 0.717) is 0 Å². The van der Waals surface area contributed by atoms with Gasteiger partial charge in [0, 0.05) is 19.8 Å². The topological polar surface area (TPSA) is 29.5 Å². The van der Waals surface area contributed by atoms with Crippen LogP contribution in [0, 0.1) is 0 Å². The zero-order chi connectivity index (χ0) is 23.8. The van der Waals surface area contributed by atoms with Crippen molar-refractivity contribution in [2.45, 2.75) is 175 Å². The summed E-state index contributed by atoms with van der Waals surface area (Å²) in [5, 5.41) is 7.57. The van der Waals surface area contributed by atoms with Crippen LogP contribution in [0.1, 0.15) is 175 Å². The maximum absolute atomic E-state index is 7.57. The van der Waals surface area contributed by atoms with Gasteiger partial charge >= 0.3 is 0 Å². The van der Waals surface area contributed by atoms with E-state index in [-0.39, 0.29) is 6.61 Å². The van der Waals surface area contributed by atoms with Gasteiger partial charge in [-0.2, -0.15) is 0 Å². The van der Waals surface area contributed by atoms with Crippen LogP contribution in [0.2, 0.25) is 0 Å². The quantitative estimate of drug-likeness (QED) is 0.131. The Kier molecular flexibility index (Phi) is 37.8. The van der Waals surface area contributed by atoms with E-state index < -0.39 is 0 Å². The lowest BCUT2D eigenvalue weighted by atomic mass is 10.1. The summed E-state index contributed by atoms with van der Waals surface area (Å²) < 4.78 is 5.82. The maximum atomic E-state index is 7.57. The van der Waals surface area contributed by atoms with Crippen LogP contribution in [0.4, 0.5) is 0 Å². The smallest absolute Gasteiger partial charge is 0.0466 e. The van der Waals surface area contributed by atoms with Crippen molar-refractivity contribution in [3.63, 3.8) is 0 Å². The molecule has 0 fully saturated rings. The third kappa shape index (κ3) is 37.2. The van der Waals surface area contributed by atoms with Crippen molar-refractivity contribution >= 4 is 0 Å². The highest BCUT2D eigenvalue weighted by Crippen LogP contribution is 2.13. The number of ether oxygens (including phenoxy) is 1. The van der Waals surface area contributed by atoms with Gasteiger partial charge in [-0.3, -0.25) is 0 Å². The number of hydrogen-bond acceptors (Lipinski definition) is 2. The maximum Gasteiger partial charge on any atom is 0.0466 e. The van der Waals surface area contributed by atoms with Gasteiger partial charge < -0.3 is 9.84 Å². The van der Waals surface area contributed by atoms with Crippen molar-refractivity contribution in [1.82, 2.24) is 0 Å². The molecule has 0 spiro atoms. The molecular formula is C30H64O2. The standard InChI is InChI=1S/C28H58O.C2H6O/c1-3-5-7-9-11-13-15-17-19-21-23-25-27-29-28-26-24-22-20-18-16-14-12-10-8-6-4-2;1-2-3/h3-28H2,1-2H3;3H,2H2,1H3. The molecule has 0 bridgehead atoms. The molecule has 2 nitrogen and oxygen atoms in total. The predicted molar refractivity (Wildman–Crippen MR) is 146 cm³/mol. The van der Waals surface area contributed by atoms with Crippen LogP contribution in [-0.4, -0.2) is 24.9 Å². The zero-order valence-electron chi connectivity index (χ0n) is 22.9. The Morgan fingerprint density at radius 2 is 0.531 bits per heavy atom. The third-order valence-electron chi connectivity index (χ3n) is 6.28. The van der Waals surface area contributed by atoms with E-state index in [9.17, 15) is 0 Å². The molecule has 0 saturated heterocycles. The van der Waals surface area contributed by atoms with Gasteiger partial charge in [-0.1, -0.05) is 155 Å². The first-order chi connectivity index (χ1) is 15.8. The molecule has 0 unspecified atom stereocenters. The van der Waals surface area contributed by atoms with Crippen LogP contribution in [0.3, 0.4) is 0 Å². The second kappa shape index (κ2) is 35.5. The van der Waals surface area contributed by atoms with Gasteiger partial charge in [0.15, 0.2) is 0 Å². The fourth-order valence-corrected chi connectivity index (χ4v) is 4.19. The van der Waals surface area contributed by atoms with E-state index in [2.05, 4.69) is 13.8 Å². The van der Waals surface area contributed by atoms with Crippen molar-refractivity contribution in [1.29, 1.82) is 0 Å². The SMILES string of the molecule is CCCCCCCCCCCCCCOCCCCCCCCCCCCCC.CCO. The lowest BCUT2D eigenvalue weighted by Gasteiger charge is -2.05. The Morgan fingerprint density at radius 1 is 0.344 bits per heavy atom. The van der Waals surface area contributed by atoms with Crippen LogP contribution < -0.4 is 0 Å². The fraction of sp³-hybridized carbons (Fsp3) is 1.00. The first-order valence-corrected chi connectivity index (χ1v) is 15.0. The Morgan fingerprint density at radius 3 is 0.750 bits per heavy atom. The normalized spacial score (nSPS) is 10.9. The highest BCUT2D eigenvalue weighted by Gasteiger charge is 1.96. The molecular weight excluding hydrogens is 392 g/mol. The van der Waals surface area contributed by atoms with Gasteiger partial charge in [0.05, 0.1) is 0 Å². The summed E-state index contributed by atoms with van der Waals surface area (Å²) in [6.07, 6.45) is 34.1. The molecule has 0 aliphatic heterocycles. The molecule has 1 N–H and O–H groups in total. The van der Waals surface area contributed by atoms with E-state index in [1.807, 2.05) is 0 Å². The molecule has 0 aromatic carbocycles. The van der Waals surface area contributed by atoms with Gasteiger partial charge in [-0.15, -0.1) is 0 Å². The van der Waals surface area contributed by atoms with Crippen molar-refractivity contribution in [2.75, 3.05) is 19.8 Å². The molecule has 32 heavy (non-hydrogen) atoms. The number of aliphatic hydroxyl groups is 1.